The van der Waals surface area contributed by atoms with Gasteiger partial charge in [0.2, 0.25) is 0 Å². The van der Waals surface area contributed by atoms with E-state index in [4.69, 9.17) is 0 Å². The number of aromatic nitrogens is 3. The molecule has 0 saturated heterocycles. The molecule has 0 unspecified atom stereocenters. The van der Waals surface area contributed by atoms with Crippen LogP contribution in [0.3, 0.4) is 0 Å². The Kier molecular flexibility index (Phi) is 3.73. The van der Waals surface area contributed by atoms with E-state index >= 15 is 0 Å². The first-order valence-corrected chi connectivity index (χ1v) is 6.57. The number of fused-ring (bicyclic) bond motifs is 1. The second-order valence-corrected chi connectivity index (χ2v) is 4.61. The zero-order chi connectivity index (χ0) is 16.4. The number of hydrogen-bond acceptors (Lipinski definition) is 4. The van der Waals surface area contributed by atoms with Crippen molar-refractivity contribution in [2.24, 2.45) is 5.16 Å². The van der Waals surface area contributed by atoms with Gasteiger partial charge >= 0.3 is 6.18 Å². The third-order valence-corrected chi connectivity index (χ3v) is 3.22. The molecular weight excluding hydrogens is 309 g/mol. The zero-order valence-electron chi connectivity index (χ0n) is 11.9. The van der Waals surface area contributed by atoms with Crippen LogP contribution in [-0.4, -0.2) is 27.7 Å². The van der Waals surface area contributed by atoms with Gasteiger partial charge in [0.25, 0.3) is 0 Å². The monoisotopic (exact) mass is 320 g/mol. The number of halogens is 3. The molecule has 0 N–H and O–H groups in total. The highest BCUT2D eigenvalue weighted by Gasteiger charge is 2.34. The second kappa shape index (κ2) is 5.71. The summed E-state index contributed by atoms with van der Waals surface area (Å²) in [5, 5.41) is 3.63. The number of nitrogens with zero attached hydrogens (tertiary/aromatic N) is 4. The molecule has 3 rings (SSSR count). The van der Waals surface area contributed by atoms with Gasteiger partial charge in [0.05, 0.1) is 17.3 Å². The number of oxime groups is 1. The maximum absolute atomic E-state index is 13.2. The van der Waals surface area contributed by atoms with Crippen molar-refractivity contribution in [3.8, 4) is 11.4 Å². The molecule has 8 heteroatoms. The van der Waals surface area contributed by atoms with Gasteiger partial charge in [0, 0.05) is 24.2 Å². The van der Waals surface area contributed by atoms with Gasteiger partial charge < -0.3 is 4.84 Å². The fourth-order valence-corrected chi connectivity index (χ4v) is 2.27. The van der Waals surface area contributed by atoms with Crippen molar-refractivity contribution < 1.29 is 18.0 Å². The van der Waals surface area contributed by atoms with Gasteiger partial charge in [-0.2, -0.15) is 13.2 Å². The van der Waals surface area contributed by atoms with Crippen molar-refractivity contribution in [3.05, 3.63) is 54.1 Å². The topological polar surface area (TPSA) is 51.8 Å². The normalized spacial score (nSPS) is 12.2. The lowest BCUT2D eigenvalue weighted by atomic mass is 10.1. The van der Waals surface area contributed by atoms with E-state index in [1.165, 1.54) is 13.3 Å². The first-order chi connectivity index (χ1) is 11.0. The SMILES string of the molecule is CO/N=C/c1nc(-c2cnccc2C(F)(F)F)n2ccccc12. The molecular formula is C15H11F3N4O. The van der Waals surface area contributed by atoms with E-state index in [1.54, 1.807) is 28.8 Å². The van der Waals surface area contributed by atoms with Crippen LogP contribution in [0.2, 0.25) is 0 Å². The first-order valence-electron chi connectivity index (χ1n) is 6.57. The summed E-state index contributed by atoms with van der Waals surface area (Å²) in [7, 11) is 1.37. The van der Waals surface area contributed by atoms with Crippen LogP contribution >= 0.6 is 0 Å². The van der Waals surface area contributed by atoms with Gasteiger partial charge in [0.1, 0.15) is 18.6 Å². The van der Waals surface area contributed by atoms with E-state index in [1.807, 2.05) is 0 Å². The fourth-order valence-electron chi connectivity index (χ4n) is 2.27. The highest BCUT2D eigenvalue weighted by atomic mass is 19.4. The van der Waals surface area contributed by atoms with Gasteiger partial charge in [0.15, 0.2) is 0 Å². The van der Waals surface area contributed by atoms with Crippen LogP contribution in [0.5, 0.6) is 0 Å². The summed E-state index contributed by atoms with van der Waals surface area (Å²) >= 11 is 0. The van der Waals surface area contributed by atoms with Gasteiger partial charge in [-0.25, -0.2) is 4.98 Å². The Morgan fingerprint density at radius 2 is 2.09 bits per heavy atom. The van der Waals surface area contributed by atoms with Gasteiger partial charge in [-0.05, 0) is 18.2 Å². The van der Waals surface area contributed by atoms with Crippen molar-refractivity contribution in [3.63, 3.8) is 0 Å². The molecule has 3 heterocycles. The predicted molar refractivity (Wildman–Crippen MR) is 78.0 cm³/mol. The van der Waals surface area contributed by atoms with Crippen LogP contribution in [0.25, 0.3) is 16.9 Å². The Morgan fingerprint density at radius 1 is 1.26 bits per heavy atom. The van der Waals surface area contributed by atoms with Crippen LogP contribution in [0.15, 0.2) is 48.0 Å². The minimum absolute atomic E-state index is 0.0988. The van der Waals surface area contributed by atoms with Crippen molar-refractivity contribution in [2.45, 2.75) is 6.18 Å². The first kappa shape index (κ1) is 15.0. The molecule has 118 valence electrons. The summed E-state index contributed by atoms with van der Waals surface area (Å²) < 4.78 is 41.3. The summed E-state index contributed by atoms with van der Waals surface area (Å²) in [6.07, 6.45) is 0.744. The lowest BCUT2D eigenvalue weighted by Gasteiger charge is -2.11. The van der Waals surface area contributed by atoms with Crippen LogP contribution < -0.4 is 0 Å². The Labute approximate surface area is 129 Å². The molecule has 0 aliphatic carbocycles. The minimum Gasteiger partial charge on any atom is -0.399 e. The van der Waals surface area contributed by atoms with Gasteiger partial charge in [-0.15, -0.1) is 0 Å². The molecule has 23 heavy (non-hydrogen) atoms. The molecule has 3 aromatic rings. The van der Waals surface area contributed by atoms with E-state index in [0.29, 0.717) is 11.2 Å². The Balaban J connectivity index is 2.28. The molecule has 0 spiro atoms. The molecule has 0 aliphatic heterocycles. The van der Waals surface area contributed by atoms with Crippen molar-refractivity contribution in [2.75, 3.05) is 7.11 Å². The average Bonchev–Trinajstić information content (AvgIpc) is 2.91. The van der Waals surface area contributed by atoms with Crippen LogP contribution in [0.1, 0.15) is 11.3 Å². The molecule has 3 aromatic heterocycles. The van der Waals surface area contributed by atoms with E-state index in [2.05, 4.69) is 20.0 Å². The lowest BCUT2D eigenvalue weighted by Crippen LogP contribution is -2.08. The molecule has 5 nitrogen and oxygen atoms in total. The number of pyridine rings is 2. The summed E-state index contributed by atoms with van der Waals surface area (Å²) in [5.74, 6) is 0.138. The number of imidazole rings is 1. The third-order valence-electron chi connectivity index (χ3n) is 3.22. The van der Waals surface area contributed by atoms with Gasteiger partial charge in [-0.1, -0.05) is 11.2 Å². The van der Waals surface area contributed by atoms with E-state index in [9.17, 15) is 13.2 Å². The molecule has 0 atom stereocenters. The molecule has 0 saturated carbocycles. The summed E-state index contributed by atoms with van der Waals surface area (Å²) in [6, 6.07) is 6.14. The maximum atomic E-state index is 13.2. The summed E-state index contributed by atoms with van der Waals surface area (Å²) in [4.78, 5) is 12.7. The standard InChI is InChI=1S/C15H11F3N4O/c1-23-20-9-12-13-4-2-3-7-22(13)14(21-12)10-8-19-6-5-11(10)15(16,17)18/h2-9H,1H3/b20-9+. The Morgan fingerprint density at radius 3 is 2.83 bits per heavy atom. The van der Waals surface area contributed by atoms with E-state index in [-0.39, 0.29) is 11.4 Å². The second-order valence-electron chi connectivity index (χ2n) is 4.61. The largest absolute Gasteiger partial charge is 0.417 e. The summed E-state index contributed by atoms with van der Waals surface area (Å²) in [6.45, 7) is 0. The molecule has 0 aliphatic rings. The maximum Gasteiger partial charge on any atom is 0.417 e. The molecule has 0 radical (unpaired) electrons. The summed E-state index contributed by atoms with van der Waals surface area (Å²) in [5.41, 5.74) is 0.122. The van der Waals surface area contributed by atoms with Gasteiger partial charge in [-0.3, -0.25) is 9.38 Å². The Bertz CT molecular complexity index is 871. The van der Waals surface area contributed by atoms with Crippen LogP contribution in [-0.2, 0) is 11.0 Å². The van der Waals surface area contributed by atoms with Crippen LogP contribution in [0, 0.1) is 0 Å². The molecule has 0 bridgehead atoms. The van der Waals surface area contributed by atoms with Crippen LogP contribution in [0.4, 0.5) is 13.2 Å². The number of hydrogen-bond donors (Lipinski definition) is 0. The number of alkyl halides is 3. The average molecular weight is 320 g/mol. The molecule has 0 aromatic carbocycles. The third kappa shape index (κ3) is 2.75. The lowest BCUT2D eigenvalue weighted by molar-refractivity contribution is -0.137. The zero-order valence-corrected chi connectivity index (χ0v) is 11.9. The van der Waals surface area contributed by atoms with E-state index in [0.717, 1.165) is 18.5 Å². The van der Waals surface area contributed by atoms with Crippen molar-refractivity contribution in [1.29, 1.82) is 0 Å². The van der Waals surface area contributed by atoms with Crippen molar-refractivity contribution >= 4 is 11.7 Å². The van der Waals surface area contributed by atoms with Crippen molar-refractivity contribution in [1.82, 2.24) is 14.4 Å². The number of rotatable bonds is 3. The highest BCUT2D eigenvalue weighted by Crippen LogP contribution is 2.36. The fraction of sp³-hybridized carbons (Fsp3) is 0.133. The quantitative estimate of drug-likeness (QED) is 0.549. The minimum atomic E-state index is -4.50. The smallest absolute Gasteiger partial charge is 0.399 e. The molecule has 0 fully saturated rings. The Hall–Kier alpha value is -2.90. The molecule has 0 amide bonds. The predicted octanol–water partition coefficient (Wildman–Crippen LogP) is 3.40. The van der Waals surface area contributed by atoms with E-state index < -0.39 is 11.7 Å². The highest BCUT2D eigenvalue weighted by molar-refractivity contribution is 5.89.